The van der Waals surface area contributed by atoms with Gasteiger partial charge in [-0.25, -0.2) is 13.2 Å². The van der Waals surface area contributed by atoms with E-state index < -0.39 is 34.2 Å². The van der Waals surface area contributed by atoms with E-state index in [2.05, 4.69) is 31.1 Å². The number of carbonyl (C=O) groups excluding carboxylic acids is 1. The van der Waals surface area contributed by atoms with Gasteiger partial charge in [0.15, 0.2) is 0 Å². The Hall–Kier alpha value is -3.30. The van der Waals surface area contributed by atoms with Crippen LogP contribution >= 0.6 is 0 Å². The Bertz CT molecular complexity index is 1060. The van der Waals surface area contributed by atoms with E-state index in [9.17, 15) is 23.1 Å². The second-order valence-electron chi connectivity index (χ2n) is 6.88. The van der Waals surface area contributed by atoms with Gasteiger partial charge in [0.1, 0.15) is 6.29 Å². The van der Waals surface area contributed by atoms with Gasteiger partial charge in [-0.1, -0.05) is 29.4 Å². The molecule has 0 aliphatic carbocycles. The van der Waals surface area contributed by atoms with Gasteiger partial charge in [-0.3, -0.25) is 15.4 Å². The number of hydrogen-bond donors (Lipinski definition) is 6. The fourth-order valence-corrected chi connectivity index (χ4v) is 4.12. The maximum Gasteiger partial charge on any atom is 0.348 e. The first-order valence-electron chi connectivity index (χ1n) is 9.84. The number of benzene rings is 1. The van der Waals surface area contributed by atoms with Crippen molar-refractivity contribution in [3.8, 4) is 0 Å². The van der Waals surface area contributed by atoms with Gasteiger partial charge < -0.3 is 25.0 Å². The number of carbonyl (C=O) groups is 2. The highest BCUT2D eigenvalue weighted by atomic mass is 32.2. The number of nitrogens with one attached hydrogen (secondary N) is 5. The van der Waals surface area contributed by atoms with Crippen molar-refractivity contribution in [1.29, 1.82) is 0 Å². The third-order valence-corrected chi connectivity index (χ3v) is 5.96. The van der Waals surface area contributed by atoms with E-state index in [0.717, 1.165) is 0 Å². The molecule has 1 aromatic heterocycles. The highest BCUT2D eigenvalue weighted by molar-refractivity contribution is 7.89. The fourth-order valence-electron chi connectivity index (χ4n) is 2.83. The number of amides is 1. The van der Waals surface area contributed by atoms with Crippen LogP contribution in [0.15, 0.2) is 64.3 Å². The summed E-state index contributed by atoms with van der Waals surface area (Å²) in [6, 6.07) is 8.35. The summed E-state index contributed by atoms with van der Waals surface area (Å²) in [5, 5.41) is 24.7. The zero-order chi connectivity index (χ0) is 23.7. The van der Waals surface area contributed by atoms with Gasteiger partial charge in [-0.05, 0) is 18.3 Å². The number of carboxylic acids is 1. The Balaban J connectivity index is 1.73. The first-order chi connectivity index (χ1) is 15.8. The summed E-state index contributed by atoms with van der Waals surface area (Å²) < 4.78 is 38.0. The fraction of sp³-hybridized carbons (Fsp3) is 0.316. The second kappa shape index (κ2) is 11.0. The molecule has 1 aliphatic heterocycles. The molecule has 2 atom stereocenters. The number of aliphatic carboxylic acids is 1. The van der Waals surface area contributed by atoms with Crippen molar-refractivity contribution in [2.75, 3.05) is 26.3 Å². The maximum absolute atomic E-state index is 12.9. The number of hydrogen-bond acceptors (Lipinski definition) is 10. The molecule has 0 saturated carbocycles. The predicted molar refractivity (Wildman–Crippen MR) is 114 cm³/mol. The first kappa shape index (κ1) is 24.3. The van der Waals surface area contributed by atoms with Crippen LogP contribution in [0.5, 0.6) is 0 Å². The van der Waals surface area contributed by atoms with Crippen LogP contribution in [-0.4, -0.2) is 68.8 Å². The van der Waals surface area contributed by atoms with Crippen molar-refractivity contribution >= 4 is 21.9 Å². The third kappa shape index (κ3) is 6.59. The number of ether oxygens (including phenoxy) is 1. The van der Waals surface area contributed by atoms with Gasteiger partial charge in [-0.2, -0.15) is 4.72 Å². The van der Waals surface area contributed by atoms with E-state index in [4.69, 9.17) is 9.26 Å². The van der Waals surface area contributed by atoms with E-state index in [1.54, 1.807) is 12.3 Å². The van der Waals surface area contributed by atoms with Crippen LogP contribution in [0.3, 0.4) is 0 Å². The topological polar surface area (TPSA) is 184 Å². The summed E-state index contributed by atoms with van der Waals surface area (Å²) in [6.07, 6.45) is 4.66. The molecular formula is C19H24N6O7S. The van der Waals surface area contributed by atoms with E-state index >= 15 is 0 Å². The lowest BCUT2D eigenvalue weighted by atomic mass is 10.2. The van der Waals surface area contributed by atoms with Gasteiger partial charge in [0.05, 0.1) is 24.3 Å². The monoisotopic (exact) mass is 480 g/mol. The lowest BCUT2D eigenvalue weighted by molar-refractivity contribution is -0.148. The lowest BCUT2D eigenvalue weighted by Gasteiger charge is -2.30. The van der Waals surface area contributed by atoms with Crippen molar-refractivity contribution in [3.63, 3.8) is 0 Å². The molecule has 6 N–H and O–H groups in total. The average molecular weight is 481 g/mol. The van der Waals surface area contributed by atoms with Crippen molar-refractivity contribution in [2.45, 2.75) is 16.8 Å². The molecule has 1 amide bonds. The Morgan fingerprint density at radius 1 is 1.27 bits per heavy atom. The van der Waals surface area contributed by atoms with Gasteiger partial charge in [0, 0.05) is 19.2 Å². The van der Waals surface area contributed by atoms with Crippen molar-refractivity contribution in [3.05, 3.63) is 60.6 Å². The van der Waals surface area contributed by atoms with Crippen LogP contribution < -0.4 is 26.0 Å². The molecule has 0 spiro atoms. The summed E-state index contributed by atoms with van der Waals surface area (Å²) in [5.41, 5.74) is -2.53. The minimum Gasteiger partial charge on any atom is -0.478 e. The number of nitrogens with zero attached hydrogens (tertiary/aromatic N) is 1. The third-order valence-electron chi connectivity index (χ3n) is 4.45. The highest BCUT2D eigenvalue weighted by Gasteiger charge is 2.45. The molecule has 33 heavy (non-hydrogen) atoms. The molecule has 3 rings (SSSR count). The molecule has 14 heteroatoms. The molecule has 2 heterocycles. The predicted octanol–water partition coefficient (Wildman–Crippen LogP) is -1.24. The zero-order valence-electron chi connectivity index (χ0n) is 17.4. The number of sulfonamides is 1. The molecule has 0 fully saturated rings. The van der Waals surface area contributed by atoms with Crippen LogP contribution in [0.4, 0.5) is 0 Å². The SMILES string of the molecule is O=C(NC(COCCNC1NC=CCN1)(NS(=O)(=O)c1ccccc1)C(=O)O)c1ccno1. The number of aromatic nitrogens is 1. The molecule has 1 aliphatic rings. The smallest absolute Gasteiger partial charge is 0.348 e. The second-order valence-corrected chi connectivity index (χ2v) is 8.56. The Labute approximate surface area is 189 Å². The van der Waals surface area contributed by atoms with E-state index in [-0.39, 0.29) is 23.6 Å². The van der Waals surface area contributed by atoms with E-state index in [1.807, 2.05) is 6.08 Å². The van der Waals surface area contributed by atoms with Gasteiger partial charge in [-0.15, -0.1) is 0 Å². The van der Waals surface area contributed by atoms with Gasteiger partial charge >= 0.3 is 5.97 Å². The largest absolute Gasteiger partial charge is 0.478 e. The molecule has 178 valence electrons. The van der Waals surface area contributed by atoms with Crippen molar-refractivity contribution in [1.82, 2.24) is 31.1 Å². The molecule has 0 bridgehead atoms. The average Bonchev–Trinajstić information content (AvgIpc) is 3.35. The summed E-state index contributed by atoms with van der Waals surface area (Å²) in [4.78, 5) is 24.6. The summed E-state index contributed by atoms with van der Waals surface area (Å²) in [7, 11) is -4.35. The lowest BCUT2D eigenvalue weighted by Crippen LogP contribution is -2.68. The summed E-state index contributed by atoms with van der Waals surface area (Å²) in [6.45, 7) is 0.281. The number of carboxylic acid groups (broad SMARTS) is 1. The molecule has 0 saturated heterocycles. The molecule has 2 aromatic rings. The van der Waals surface area contributed by atoms with Gasteiger partial charge in [0.25, 0.3) is 5.91 Å². The van der Waals surface area contributed by atoms with Crippen LogP contribution in [-0.2, 0) is 19.6 Å². The van der Waals surface area contributed by atoms with Crippen LogP contribution in [0.2, 0.25) is 0 Å². The first-order valence-corrected chi connectivity index (χ1v) is 11.3. The quantitative estimate of drug-likeness (QED) is 0.158. The van der Waals surface area contributed by atoms with Gasteiger partial charge in [0.2, 0.25) is 21.4 Å². The molecule has 13 nitrogen and oxygen atoms in total. The van der Waals surface area contributed by atoms with Crippen LogP contribution in [0.1, 0.15) is 10.6 Å². The summed E-state index contributed by atoms with van der Waals surface area (Å²) >= 11 is 0. The maximum atomic E-state index is 12.9. The number of rotatable bonds is 12. The van der Waals surface area contributed by atoms with E-state index in [1.165, 1.54) is 36.5 Å². The summed E-state index contributed by atoms with van der Waals surface area (Å²) in [5.74, 6) is -2.97. The molecule has 2 unspecified atom stereocenters. The Kier molecular flexibility index (Phi) is 8.13. The minimum atomic E-state index is -4.35. The highest BCUT2D eigenvalue weighted by Crippen LogP contribution is 2.14. The molecule has 0 radical (unpaired) electrons. The van der Waals surface area contributed by atoms with Crippen molar-refractivity contribution < 1.29 is 32.4 Å². The molecular weight excluding hydrogens is 456 g/mol. The van der Waals surface area contributed by atoms with E-state index in [0.29, 0.717) is 13.1 Å². The zero-order valence-corrected chi connectivity index (χ0v) is 18.2. The Morgan fingerprint density at radius 3 is 2.70 bits per heavy atom. The standard InChI is InChI=1S/C19H24N6O7S/c26-16(15-7-10-23-32-15)24-19(17(27)28,25-33(29,30)14-5-2-1-3-6-14)13-31-12-11-22-18-20-8-4-9-21-18/h1-8,10,18,20-22,25H,9,11-13H2,(H,24,26)(H,27,28). The van der Waals surface area contributed by atoms with Crippen LogP contribution in [0, 0.1) is 0 Å². The normalized spacial score (nSPS) is 17.6. The Morgan fingerprint density at radius 2 is 2.06 bits per heavy atom. The van der Waals surface area contributed by atoms with Crippen molar-refractivity contribution in [2.24, 2.45) is 0 Å². The molecule has 1 aromatic carbocycles. The van der Waals surface area contributed by atoms with Crippen LogP contribution in [0.25, 0.3) is 0 Å². The minimum absolute atomic E-state index is 0.0177.